The topological polar surface area (TPSA) is 118 Å². The van der Waals surface area contributed by atoms with E-state index in [4.69, 9.17) is 8.94 Å². The van der Waals surface area contributed by atoms with Gasteiger partial charge in [0.15, 0.2) is 11.6 Å². The molecule has 9 heteroatoms. The van der Waals surface area contributed by atoms with Gasteiger partial charge in [-0.15, -0.1) is 0 Å². The highest BCUT2D eigenvalue weighted by Gasteiger charge is 2.41. The van der Waals surface area contributed by atoms with Crippen molar-refractivity contribution in [2.24, 2.45) is 0 Å². The van der Waals surface area contributed by atoms with Crippen LogP contribution < -0.4 is 10.7 Å². The van der Waals surface area contributed by atoms with Crippen molar-refractivity contribution in [1.29, 1.82) is 0 Å². The maximum absolute atomic E-state index is 12.7. The number of hydrogen-bond donors (Lipinski definition) is 2. The van der Waals surface area contributed by atoms with Crippen LogP contribution in [0.1, 0.15) is 67.7 Å². The van der Waals surface area contributed by atoms with E-state index in [0.717, 1.165) is 30.2 Å². The summed E-state index contributed by atoms with van der Waals surface area (Å²) in [5.74, 6) is 3.78. The summed E-state index contributed by atoms with van der Waals surface area (Å²) in [5, 5.41) is 17.3. The summed E-state index contributed by atoms with van der Waals surface area (Å²) in [6.07, 6.45) is 5.12. The van der Waals surface area contributed by atoms with Crippen LogP contribution in [0.2, 0.25) is 0 Å². The van der Waals surface area contributed by atoms with E-state index in [1.807, 2.05) is 0 Å². The van der Waals surface area contributed by atoms with Crippen molar-refractivity contribution in [3.05, 3.63) is 39.5 Å². The molecular formula is C21H27N3O5S. The zero-order valence-electron chi connectivity index (χ0n) is 17.1. The Labute approximate surface area is 178 Å². The maximum atomic E-state index is 12.7. The standard InChI is InChI=1S/C21H27N3O5S/c1-13-11-15(25)18(27)19(28-13)21(6-9-30-10-7-21)12-16(26)22-8-2-3-17-23-20(24-29-17)14-4-5-14/h11,14,27H,2-10,12H2,1H3,(H,22,26). The molecule has 0 aromatic carbocycles. The van der Waals surface area contributed by atoms with Gasteiger partial charge in [-0.1, -0.05) is 5.16 Å². The molecule has 4 rings (SSSR count). The second-order valence-electron chi connectivity index (χ2n) is 8.24. The van der Waals surface area contributed by atoms with Crippen LogP contribution in [0.3, 0.4) is 0 Å². The first-order valence-electron chi connectivity index (χ1n) is 10.5. The number of thioether (sulfide) groups is 1. The minimum absolute atomic E-state index is 0.116. The minimum atomic E-state index is -0.656. The lowest BCUT2D eigenvalue weighted by molar-refractivity contribution is -0.122. The van der Waals surface area contributed by atoms with Gasteiger partial charge in [0.1, 0.15) is 5.76 Å². The van der Waals surface area contributed by atoms with E-state index < -0.39 is 10.8 Å². The first kappa shape index (κ1) is 21.0. The molecule has 0 spiro atoms. The third kappa shape index (κ3) is 4.71. The number of nitrogens with zero attached hydrogens (tertiary/aromatic N) is 2. The predicted molar refractivity (Wildman–Crippen MR) is 112 cm³/mol. The fourth-order valence-corrected chi connectivity index (χ4v) is 5.20. The molecule has 8 nitrogen and oxygen atoms in total. The summed E-state index contributed by atoms with van der Waals surface area (Å²) < 4.78 is 11.0. The van der Waals surface area contributed by atoms with Crippen LogP contribution in [0.25, 0.3) is 0 Å². The zero-order valence-corrected chi connectivity index (χ0v) is 17.9. The van der Waals surface area contributed by atoms with E-state index in [1.54, 1.807) is 18.7 Å². The Balaban J connectivity index is 1.36. The Hall–Kier alpha value is -2.29. The Morgan fingerprint density at radius 1 is 1.37 bits per heavy atom. The Morgan fingerprint density at radius 2 is 2.13 bits per heavy atom. The number of hydrogen-bond acceptors (Lipinski definition) is 8. The van der Waals surface area contributed by atoms with E-state index in [2.05, 4.69) is 15.5 Å². The molecule has 2 aromatic heterocycles. The summed E-state index contributed by atoms with van der Waals surface area (Å²) in [4.78, 5) is 29.2. The molecule has 162 valence electrons. The van der Waals surface area contributed by atoms with E-state index >= 15 is 0 Å². The minimum Gasteiger partial charge on any atom is -0.502 e. The van der Waals surface area contributed by atoms with E-state index in [9.17, 15) is 14.7 Å². The van der Waals surface area contributed by atoms with Crippen LogP contribution >= 0.6 is 11.8 Å². The molecule has 0 bridgehead atoms. The number of amides is 1. The van der Waals surface area contributed by atoms with E-state index in [0.29, 0.717) is 49.8 Å². The van der Waals surface area contributed by atoms with Crippen LogP contribution in [-0.2, 0) is 16.6 Å². The summed E-state index contributed by atoms with van der Waals surface area (Å²) >= 11 is 1.80. The van der Waals surface area contributed by atoms with Crippen LogP contribution in [0.5, 0.6) is 5.75 Å². The third-order valence-electron chi connectivity index (χ3n) is 5.79. The number of aromatic hydroxyl groups is 1. The van der Waals surface area contributed by atoms with E-state index in [1.165, 1.54) is 6.07 Å². The van der Waals surface area contributed by atoms with Crippen molar-refractivity contribution < 1.29 is 18.8 Å². The van der Waals surface area contributed by atoms with Gasteiger partial charge < -0.3 is 19.4 Å². The quantitative estimate of drug-likeness (QED) is 0.610. The van der Waals surface area contributed by atoms with Crippen molar-refractivity contribution in [3.8, 4) is 5.75 Å². The average Bonchev–Trinajstić information content (AvgIpc) is 3.47. The fraction of sp³-hybridized carbons (Fsp3) is 0.619. The van der Waals surface area contributed by atoms with E-state index in [-0.39, 0.29) is 23.8 Å². The summed E-state index contributed by atoms with van der Waals surface area (Å²) in [6.45, 7) is 2.18. The molecule has 1 saturated heterocycles. The smallest absolute Gasteiger partial charge is 0.227 e. The first-order chi connectivity index (χ1) is 14.5. The largest absolute Gasteiger partial charge is 0.502 e. The molecule has 2 aromatic rings. The molecule has 0 radical (unpaired) electrons. The zero-order chi connectivity index (χ0) is 21.1. The SMILES string of the molecule is Cc1cc(=O)c(O)c(C2(CC(=O)NCCCc3nc(C4CC4)no3)CCSCC2)o1. The van der Waals surface area contributed by atoms with Gasteiger partial charge in [0.25, 0.3) is 0 Å². The summed E-state index contributed by atoms with van der Waals surface area (Å²) in [6, 6.07) is 1.27. The summed E-state index contributed by atoms with van der Waals surface area (Å²) in [7, 11) is 0. The van der Waals surface area contributed by atoms with Gasteiger partial charge in [-0.2, -0.15) is 16.7 Å². The number of carbonyl (C=O) groups is 1. The van der Waals surface area contributed by atoms with Crippen molar-refractivity contribution in [2.75, 3.05) is 18.1 Å². The van der Waals surface area contributed by atoms with Crippen LogP contribution in [0.15, 0.2) is 19.8 Å². The molecule has 2 N–H and O–H groups in total. The number of aromatic nitrogens is 2. The van der Waals surface area contributed by atoms with Crippen LogP contribution in [-0.4, -0.2) is 39.2 Å². The second kappa shape index (κ2) is 8.83. The monoisotopic (exact) mass is 433 g/mol. The third-order valence-corrected chi connectivity index (χ3v) is 6.78. The first-order valence-corrected chi connectivity index (χ1v) is 11.6. The molecule has 1 aliphatic heterocycles. The highest BCUT2D eigenvalue weighted by atomic mass is 32.2. The molecule has 30 heavy (non-hydrogen) atoms. The number of aryl methyl sites for hydroxylation is 2. The molecule has 0 atom stereocenters. The van der Waals surface area contributed by atoms with Gasteiger partial charge in [-0.05, 0) is 50.5 Å². The van der Waals surface area contributed by atoms with Gasteiger partial charge in [0, 0.05) is 36.8 Å². The lowest BCUT2D eigenvalue weighted by atomic mass is 9.75. The highest BCUT2D eigenvalue weighted by molar-refractivity contribution is 7.99. The van der Waals surface area contributed by atoms with Gasteiger partial charge in [0.2, 0.25) is 23.0 Å². The molecule has 2 aliphatic rings. The molecule has 1 amide bonds. The molecule has 0 unspecified atom stereocenters. The van der Waals surface area contributed by atoms with Gasteiger partial charge in [-0.25, -0.2) is 0 Å². The lowest BCUT2D eigenvalue weighted by Gasteiger charge is -2.35. The van der Waals surface area contributed by atoms with Crippen LogP contribution in [0.4, 0.5) is 0 Å². The number of nitrogens with one attached hydrogen (secondary N) is 1. The van der Waals surface area contributed by atoms with Crippen molar-refractivity contribution in [1.82, 2.24) is 15.5 Å². The van der Waals surface area contributed by atoms with Gasteiger partial charge in [-0.3, -0.25) is 9.59 Å². The normalized spacial score (nSPS) is 18.3. The van der Waals surface area contributed by atoms with Crippen molar-refractivity contribution in [2.45, 2.75) is 63.2 Å². The Bertz CT molecular complexity index is 960. The second-order valence-corrected chi connectivity index (χ2v) is 9.47. The Kier molecular flexibility index (Phi) is 6.17. The number of rotatable bonds is 8. The van der Waals surface area contributed by atoms with Gasteiger partial charge in [0.05, 0.1) is 0 Å². The van der Waals surface area contributed by atoms with Crippen LogP contribution in [0, 0.1) is 6.92 Å². The fourth-order valence-electron chi connectivity index (χ4n) is 3.92. The molecule has 2 fully saturated rings. The predicted octanol–water partition coefficient (Wildman–Crippen LogP) is 2.82. The highest BCUT2D eigenvalue weighted by Crippen LogP contribution is 2.44. The Morgan fingerprint density at radius 3 is 2.87 bits per heavy atom. The molecule has 1 saturated carbocycles. The summed E-state index contributed by atoms with van der Waals surface area (Å²) in [5.41, 5.74) is -1.12. The molecule has 3 heterocycles. The molecule has 1 aliphatic carbocycles. The average molecular weight is 434 g/mol. The maximum Gasteiger partial charge on any atom is 0.227 e. The van der Waals surface area contributed by atoms with Crippen molar-refractivity contribution >= 4 is 17.7 Å². The lowest BCUT2D eigenvalue weighted by Crippen LogP contribution is -2.38. The number of carbonyl (C=O) groups excluding carboxylic acids is 1. The van der Waals surface area contributed by atoms with Gasteiger partial charge >= 0.3 is 0 Å². The van der Waals surface area contributed by atoms with Crippen molar-refractivity contribution in [3.63, 3.8) is 0 Å². The molecular weight excluding hydrogens is 406 g/mol.